The van der Waals surface area contributed by atoms with Crippen LogP contribution in [0.3, 0.4) is 0 Å². The van der Waals surface area contributed by atoms with Crippen molar-refractivity contribution in [1.29, 1.82) is 0 Å². The summed E-state index contributed by atoms with van der Waals surface area (Å²) in [6.45, 7) is 0.487. The quantitative estimate of drug-likeness (QED) is 0.698. The lowest BCUT2D eigenvalue weighted by molar-refractivity contribution is 0.259. The third-order valence-electron chi connectivity index (χ3n) is 4.82. The van der Waals surface area contributed by atoms with Gasteiger partial charge < -0.3 is 0 Å². The zero-order valence-corrected chi connectivity index (χ0v) is 14.0. The van der Waals surface area contributed by atoms with Crippen molar-refractivity contribution in [2.45, 2.75) is 70.3 Å². The average Bonchev–Trinajstić information content (AvgIpc) is 2.46. The number of halogens is 1. The Balaban J connectivity index is 2.01. The van der Waals surface area contributed by atoms with Crippen LogP contribution in [-0.4, -0.2) is 36.9 Å². The van der Waals surface area contributed by atoms with E-state index in [1.165, 1.54) is 25.7 Å². The molecule has 118 valence electrons. The zero-order chi connectivity index (χ0) is 14.4. The molecule has 0 saturated heterocycles. The van der Waals surface area contributed by atoms with Crippen LogP contribution >= 0.6 is 11.6 Å². The Morgan fingerprint density at radius 2 is 1.45 bits per heavy atom. The SMILES string of the molecule is O=S(=O)(CC1CCCCC1)N(CCCl)C1CCCCC1. The molecule has 0 spiro atoms. The molecule has 0 radical (unpaired) electrons. The van der Waals surface area contributed by atoms with Gasteiger partial charge in [0.05, 0.1) is 5.75 Å². The molecule has 3 nitrogen and oxygen atoms in total. The predicted octanol–water partition coefficient (Wildman–Crippen LogP) is 3.77. The maximum Gasteiger partial charge on any atom is 0.214 e. The standard InChI is InChI=1S/C15H28ClNO2S/c16-11-12-17(15-9-5-2-6-10-15)20(18,19)13-14-7-3-1-4-8-14/h14-15H,1-13H2. The first-order valence-electron chi connectivity index (χ1n) is 8.19. The fraction of sp³-hybridized carbons (Fsp3) is 1.00. The van der Waals surface area contributed by atoms with Crippen molar-refractivity contribution in [3.05, 3.63) is 0 Å². The van der Waals surface area contributed by atoms with E-state index in [2.05, 4.69) is 0 Å². The van der Waals surface area contributed by atoms with Crippen LogP contribution in [0.5, 0.6) is 0 Å². The van der Waals surface area contributed by atoms with E-state index in [1.54, 1.807) is 4.31 Å². The van der Waals surface area contributed by atoms with Crippen molar-refractivity contribution in [2.24, 2.45) is 5.92 Å². The monoisotopic (exact) mass is 321 g/mol. The summed E-state index contributed by atoms with van der Waals surface area (Å²) in [5.41, 5.74) is 0. The number of alkyl halides is 1. The number of hydrogen-bond acceptors (Lipinski definition) is 2. The topological polar surface area (TPSA) is 37.4 Å². The Hall–Kier alpha value is 0.200. The fourth-order valence-electron chi connectivity index (χ4n) is 3.75. The first-order valence-corrected chi connectivity index (χ1v) is 10.3. The van der Waals surface area contributed by atoms with Crippen LogP contribution in [0.15, 0.2) is 0 Å². The Bertz CT molecular complexity index is 373. The predicted molar refractivity (Wildman–Crippen MR) is 84.7 cm³/mol. The summed E-state index contributed by atoms with van der Waals surface area (Å²) in [6.07, 6.45) is 11.4. The van der Waals surface area contributed by atoms with Crippen LogP contribution in [0.1, 0.15) is 64.2 Å². The number of sulfonamides is 1. The molecule has 0 aromatic heterocycles. The summed E-state index contributed by atoms with van der Waals surface area (Å²) in [7, 11) is -3.13. The van der Waals surface area contributed by atoms with Gasteiger partial charge in [0, 0.05) is 18.5 Å². The molecule has 2 aliphatic carbocycles. The molecule has 0 unspecified atom stereocenters. The third kappa shape index (κ3) is 4.60. The smallest absolute Gasteiger partial charge is 0.212 e. The molecule has 5 heteroatoms. The van der Waals surface area contributed by atoms with E-state index in [0.29, 0.717) is 24.1 Å². The molecule has 0 aromatic carbocycles. The Labute approximate surface area is 129 Å². The normalized spacial score (nSPS) is 23.3. The van der Waals surface area contributed by atoms with Crippen molar-refractivity contribution < 1.29 is 8.42 Å². The van der Waals surface area contributed by atoms with Gasteiger partial charge in [0.25, 0.3) is 0 Å². The molecule has 0 aromatic rings. The van der Waals surface area contributed by atoms with Crippen LogP contribution in [-0.2, 0) is 10.0 Å². The highest BCUT2D eigenvalue weighted by molar-refractivity contribution is 7.89. The third-order valence-corrected chi connectivity index (χ3v) is 7.07. The molecule has 0 aliphatic heterocycles. The minimum atomic E-state index is -3.13. The van der Waals surface area contributed by atoms with E-state index in [0.717, 1.165) is 38.5 Å². The van der Waals surface area contributed by atoms with Crippen molar-refractivity contribution in [3.63, 3.8) is 0 Å². The van der Waals surface area contributed by atoms with Gasteiger partial charge in [-0.3, -0.25) is 0 Å². The first-order chi connectivity index (χ1) is 9.63. The lowest BCUT2D eigenvalue weighted by Gasteiger charge is -2.34. The second-order valence-corrected chi connectivity index (χ2v) is 8.72. The largest absolute Gasteiger partial charge is 0.214 e. The van der Waals surface area contributed by atoms with Gasteiger partial charge in [-0.2, -0.15) is 4.31 Å². The average molecular weight is 322 g/mol. The van der Waals surface area contributed by atoms with Gasteiger partial charge >= 0.3 is 0 Å². The number of nitrogens with zero attached hydrogens (tertiary/aromatic N) is 1. The van der Waals surface area contributed by atoms with E-state index in [1.807, 2.05) is 0 Å². The van der Waals surface area contributed by atoms with Gasteiger partial charge in [0.1, 0.15) is 0 Å². The molecular formula is C15H28ClNO2S. The number of hydrogen-bond donors (Lipinski definition) is 0. The van der Waals surface area contributed by atoms with Crippen LogP contribution < -0.4 is 0 Å². The lowest BCUT2D eigenvalue weighted by Crippen LogP contribution is -2.44. The van der Waals surface area contributed by atoms with Gasteiger partial charge in [-0.1, -0.05) is 38.5 Å². The highest BCUT2D eigenvalue weighted by Gasteiger charge is 2.32. The number of rotatable bonds is 6. The Morgan fingerprint density at radius 3 is 2.00 bits per heavy atom. The minimum Gasteiger partial charge on any atom is -0.212 e. The maximum absolute atomic E-state index is 12.8. The summed E-state index contributed by atoms with van der Waals surface area (Å²) in [5, 5.41) is 0. The molecule has 2 fully saturated rings. The van der Waals surface area contributed by atoms with Gasteiger partial charge in [-0.15, -0.1) is 11.6 Å². The van der Waals surface area contributed by atoms with Crippen LogP contribution in [0.2, 0.25) is 0 Å². The maximum atomic E-state index is 12.8. The summed E-state index contributed by atoms with van der Waals surface area (Å²) < 4.78 is 27.3. The van der Waals surface area contributed by atoms with E-state index >= 15 is 0 Å². The Kier molecular flexibility index (Phi) is 6.63. The second kappa shape index (κ2) is 8.00. The van der Waals surface area contributed by atoms with Gasteiger partial charge in [-0.25, -0.2) is 8.42 Å². The summed E-state index contributed by atoms with van der Waals surface area (Å²) in [4.78, 5) is 0. The highest BCUT2D eigenvalue weighted by atomic mass is 35.5. The van der Waals surface area contributed by atoms with E-state index in [9.17, 15) is 8.42 Å². The fourth-order valence-corrected chi connectivity index (χ4v) is 6.19. The van der Waals surface area contributed by atoms with E-state index in [-0.39, 0.29) is 6.04 Å². The van der Waals surface area contributed by atoms with E-state index < -0.39 is 10.0 Å². The second-order valence-electron chi connectivity index (χ2n) is 6.37. The van der Waals surface area contributed by atoms with Crippen molar-refractivity contribution in [3.8, 4) is 0 Å². The molecule has 0 atom stereocenters. The van der Waals surface area contributed by atoms with Crippen molar-refractivity contribution >= 4 is 21.6 Å². The molecule has 2 saturated carbocycles. The summed E-state index contributed by atoms with van der Waals surface area (Å²) >= 11 is 5.86. The summed E-state index contributed by atoms with van der Waals surface area (Å²) in [6, 6.07) is 0.205. The molecule has 0 N–H and O–H groups in total. The lowest BCUT2D eigenvalue weighted by atomic mass is 9.91. The van der Waals surface area contributed by atoms with Gasteiger partial charge in [0.2, 0.25) is 10.0 Å². The summed E-state index contributed by atoms with van der Waals surface area (Å²) in [5.74, 6) is 1.12. The molecule has 0 heterocycles. The first kappa shape index (κ1) is 16.6. The van der Waals surface area contributed by atoms with Gasteiger partial charge in [-0.05, 0) is 31.6 Å². The van der Waals surface area contributed by atoms with Gasteiger partial charge in [0.15, 0.2) is 0 Å². The zero-order valence-electron chi connectivity index (χ0n) is 12.4. The van der Waals surface area contributed by atoms with Crippen LogP contribution in [0, 0.1) is 5.92 Å². The van der Waals surface area contributed by atoms with Crippen LogP contribution in [0.4, 0.5) is 0 Å². The molecule has 20 heavy (non-hydrogen) atoms. The molecular weight excluding hydrogens is 294 g/mol. The van der Waals surface area contributed by atoms with E-state index in [4.69, 9.17) is 11.6 Å². The van der Waals surface area contributed by atoms with Crippen LogP contribution in [0.25, 0.3) is 0 Å². The molecule has 2 rings (SSSR count). The minimum absolute atomic E-state index is 0.205. The highest BCUT2D eigenvalue weighted by Crippen LogP contribution is 2.29. The molecule has 2 aliphatic rings. The molecule has 0 amide bonds. The molecule has 0 bridgehead atoms. The van der Waals surface area contributed by atoms with Crippen molar-refractivity contribution in [1.82, 2.24) is 4.31 Å². The Morgan fingerprint density at radius 1 is 0.900 bits per heavy atom. The van der Waals surface area contributed by atoms with Crippen molar-refractivity contribution in [2.75, 3.05) is 18.2 Å².